The van der Waals surface area contributed by atoms with Crippen LogP contribution in [-0.4, -0.2) is 12.9 Å². The van der Waals surface area contributed by atoms with Gasteiger partial charge in [0, 0.05) is 6.42 Å². The molecule has 14 heavy (non-hydrogen) atoms. The fourth-order valence-corrected chi connectivity index (χ4v) is 1.21. The second kappa shape index (κ2) is 4.43. The van der Waals surface area contributed by atoms with Crippen molar-refractivity contribution >= 4 is 11.5 Å². The minimum Gasteiger partial charge on any atom is -0.508 e. The fraction of sp³-hybridized carbons (Fsp3) is 0.273. The Balaban J connectivity index is 3.03. The molecule has 0 N–H and O–H groups in total. The molecule has 0 radical (unpaired) electrons. The molecule has 1 aromatic carbocycles. The molecule has 0 saturated carbocycles. The van der Waals surface area contributed by atoms with Gasteiger partial charge in [0.1, 0.15) is 11.5 Å². The van der Waals surface area contributed by atoms with Crippen molar-refractivity contribution in [1.82, 2.24) is 0 Å². The van der Waals surface area contributed by atoms with E-state index in [0.29, 0.717) is 17.9 Å². The molecule has 0 heterocycles. The summed E-state index contributed by atoms with van der Waals surface area (Å²) < 4.78 is 5.03. The Morgan fingerprint density at radius 3 is 2.79 bits per heavy atom. The highest BCUT2D eigenvalue weighted by molar-refractivity contribution is 5.78. The number of carbonyl (C=O) groups excluding carboxylic acids is 1. The maximum absolute atomic E-state index is 10.9. The molecule has 3 nitrogen and oxygen atoms in total. The SMILES string of the molecule is [C-]#[N+]c1ccc(CC(C)=O)cc1OC. The lowest BCUT2D eigenvalue weighted by molar-refractivity contribution is -0.116. The molecule has 0 aliphatic rings. The topological polar surface area (TPSA) is 30.7 Å². The fourth-order valence-electron chi connectivity index (χ4n) is 1.21. The van der Waals surface area contributed by atoms with Crippen molar-refractivity contribution < 1.29 is 9.53 Å². The van der Waals surface area contributed by atoms with Gasteiger partial charge in [-0.05, 0) is 18.6 Å². The van der Waals surface area contributed by atoms with E-state index in [1.165, 1.54) is 14.0 Å². The zero-order valence-electron chi connectivity index (χ0n) is 8.20. The maximum atomic E-state index is 10.9. The summed E-state index contributed by atoms with van der Waals surface area (Å²) in [5, 5.41) is 0. The number of rotatable bonds is 3. The summed E-state index contributed by atoms with van der Waals surface area (Å²) in [4.78, 5) is 14.2. The van der Waals surface area contributed by atoms with Crippen molar-refractivity contribution in [3.63, 3.8) is 0 Å². The summed E-state index contributed by atoms with van der Waals surface area (Å²) in [6, 6.07) is 5.18. The van der Waals surface area contributed by atoms with E-state index in [9.17, 15) is 4.79 Å². The molecule has 0 aromatic heterocycles. The normalized spacial score (nSPS) is 9.21. The van der Waals surface area contributed by atoms with Gasteiger partial charge in [0.05, 0.1) is 13.7 Å². The molecular weight excluding hydrogens is 178 g/mol. The Bertz CT molecular complexity index is 391. The smallest absolute Gasteiger partial charge is 0.228 e. The van der Waals surface area contributed by atoms with E-state index in [0.717, 1.165) is 5.56 Å². The summed E-state index contributed by atoms with van der Waals surface area (Å²) in [5.41, 5.74) is 1.35. The molecule has 0 spiro atoms. The lowest BCUT2D eigenvalue weighted by atomic mass is 10.1. The molecule has 0 aliphatic carbocycles. The number of benzene rings is 1. The Labute approximate surface area is 83.1 Å². The average Bonchev–Trinajstić information content (AvgIpc) is 2.16. The predicted octanol–water partition coefficient (Wildman–Crippen LogP) is 2.38. The number of ketones is 1. The van der Waals surface area contributed by atoms with Gasteiger partial charge in [0.2, 0.25) is 5.69 Å². The summed E-state index contributed by atoms with van der Waals surface area (Å²) in [7, 11) is 1.52. The van der Waals surface area contributed by atoms with Gasteiger partial charge in [-0.25, -0.2) is 4.85 Å². The van der Waals surface area contributed by atoms with Crippen LogP contribution in [0.15, 0.2) is 18.2 Å². The maximum Gasteiger partial charge on any atom is 0.228 e. The standard InChI is InChI=1S/C11H11NO2/c1-8(13)6-9-4-5-10(12-2)11(7-9)14-3/h4-5,7H,6H2,1,3H3. The summed E-state index contributed by atoms with van der Waals surface area (Å²) in [5.74, 6) is 0.626. The summed E-state index contributed by atoms with van der Waals surface area (Å²) in [6.07, 6.45) is 0.384. The first-order valence-electron chi connectivity index (χ1n) is 4.21. The van der Waals surface area contributed by atoms with Crippen LogP contribution in [0.3, 0.4) is 0 Å². The molecular formula is C11H11NO2. The van der Waals surface area contributed by atoms with Crippen LogP contribution in [0.2, 0.25) is 0 Å². The second-order valence-corrected chi connectivity index (χ2v) is 3.00. The lowest BCUT2D eigenvalue weighted by Gasteiger charge is -2.04. The van der Waals surface area contributed by atoms with Gasteiger partial charge >= 0.3 is 0 Å². The quantitative estimate of drug-likeness (QED) is 0.683. The number of Topliss-reactive ketones (excluding diaryl/α,β-unsaturated/α-hetero) is 1. The van der Waals surface area contributed by atoms with E-state index in [2.05, 4.69) is 4.85 Å². The number of carbonyl (C=O) groups is 1. The van der Waals surface area contributed by atoms with Crippen molar-refractivity contribution in [2.45, 2.75) is 13.3 Å². The van der Waals surface area contributed by atoms with Crippen LogP contribution in [-0.2, 0) is 11.2 Å². The van der Waals surface area contributed by atoms with Gasteiger partial charge in [-0.15, -0.1) is 0 Å². The van der Waals surface area contributed by atoms with Crippen molar-refractivity contribution in [2.24, 2.45) is 0 Å². The minimum atomic E-state index is 0.0996. The number of hydrogen-bond acceptors (Lipinski definition) is 2. The van der Waals surface area contributed by atoms with E-state index in [1.807, 2.05) is 0 Å². The van der Waals surface area contributed by atoms with Crippen LogP contribution in [0.5, 0.6) is 5.75 Å². The van der Waals surface area contributed by atoms with Gasteiger partial charge in [0.25, 0.3) is 0 Å². The summed E-state index contributed by atoms with van der Waals surface area (Å²) >= 11 is 0. The largest absolute Gasteiger partial charge is 0.508 e. The first-order chi connectivity index (χ1) is 6.67. The van der Waals surface area contributed by atoms with Crippen molar-refractivity contribution in [2.75, 3.05) is 7.11 Å². The third kappa shape index (κ3) is 2.33. The Hall–Kier alpha value is -1.82. The zero-order chi connectivity index (χ0) is 10.6. The van der Waals surface area contributed by atoms with Gasteiger partial charge in [-0.1, -0.05) is 12.1 Å². The number of hydrogen-bond donors (Lipinski definition) is 0. The van der Waals surface area contributed by atoms with Gasteiger partial charge in [-0.2, -0.15) is 0 Å². The molecule has 72 valence electrons. The van der Waals surface area contributed by atoms with Crippen molar-refractivity contribution in [3.05, 3.63) is 35.2 Å². The molecule has 1 aromatic rings. The molecule has 0 fully saturated rings. The molecule has 0 bridgehead atoms. The zero-order valence-corrected chi connectivity index (χ0v) is 8.20. The molecule has 0 unspecified atom stereocenters. The van der Waals surface area contributed by atoms with Gasteiger partial charge in [-0.3, -0.25) is 4.79 Å². The van der Waals surface area contributed by atoms with E-state index < -0.39 is 0 Å². The molecule has 1 rings (SSSR count). The number of nitrogens with zero attached hydrogens (tertiary/aromatic N) is 1. The Morgan fingerprint density at radius 2 is 2.29 bits per heavy atom. The van der Waals surface area contributed by atoms with Crippen LogP contribution in [0.1, 0.15) is 12.5 Å². The summed E-state index contributed by atoms with van der Waals surface area (Å²) in [6.45, 7) is 8.41. The highest BCUT2D eigenvalue weighted by Gasteiger charge is 2.04. The molecule has 0 amide bonds. The van der Waals surface area contributed by atoms with Crippen LogP contribution < -0.4 is 4.74 Å². The predicted molar refractivity (Wildman–Crippen MR) is 53.6 cm³/mol. The van der Waals surface area contributed by atoms with Gasteiger partial charge in [0.15, 0.2) is 0 Å². The van der Waals surface area contributed by atoms with Crippen LogP contribution in [0, 0.1) is 6.57 Å². The lowest BCUT2D eigenvalue weighted by Crippen LogP contribution is -1.96. The second-order valence-electron chi connectivity index (χ2n) is 3.00. The third-order valence-electron chi connectivity index (χ3n) is 1.82. The Kier molecular flexibility index (Phi) is 3.24. The van der Waals surface area contributed by atoms with Crippen LogP contribution in [0.4, 0.5) is 5.69 Å². The van der Waals surface area contributed by atoms with Crippen LogP contribution >= 0.6 is 0 Å². The first-order valence-corrected chi connectivity index (χ1v) is 4.21. The van der Waals surface area contributed by atoms with Gasteiger partial charge < -0.3 is 4.74 Å². The number of methoxy groups -OCH3 is 1. The van der Waals surface area contributed by atoms with E-state index in [1.54, 1.807) is 18.2 Å². The van der Waals surface area contributed by atoms with Crippen LogP contribution in [0.25, 0.3) is 4.85 Å². The van der Waals surface area contributed by atoms with E-state index in [4.69, 9.17) is 11.3 Å². The highest BCUT2D eigenvalue weighted by atomic mass is 16.5. The Morgan fingerprint density at radius 1 is 1.57 bits per heavy atom. The molecule has 0 atom stereocenters. The first kappa shape index (κ1) is 10.3. The van der Waals surface area contributed by atoms with Crippen molar-refractivity contribution in [3.8, 4) is 5.75 Å². The molecule has 3 heteroatoms. The third-order valence-corrected chi connectivity index (χ3v) is 1.82. The number of ether oxygens (including phenoxy) is 1. The monoisotopic (exact) mass is 189 g/mol. The average molecular weight is 189 g/mol. The highest BCUT2D eigenvalue weighted by Crippen LogP contribution is 2.28. The minimum absolute atomic E-state index is 0.0996. The van der Waals surface area contributed by atoms with E-state index in [-0.39, 0.29) is 5.78 Å². The molecule has 0 saturated heterocycles. The van der Waals surface area contributed by atoms with E-state index >= 15 is 0 Å². The molecule has 0 aliphatic heterocycles. The van der Waals surface area contributed by atoms with Crippen molar-refractivity contribution in [1.29, 1.82) is 0 Å².